The minimum Gasteiger partial charge on any atom is -0.385 e. The van der Waals surface area contributed by atoms with Gasteiger partial charge in [0.25, 0.3) is 0 Å². The number of benzene rings is 1. The Balaban J connectivity index is 1.76. The Hall–Kier alpha value is -1.94. The summed E-state index contributed by atoms with van der Waals surface area (Å²) in [5, 5.41) is 16.2. The molecule has 2 N–H and O–H groups in total. The van der Waals surface area contributed by atoms with Gasteiger partial charge in [-0.25, -0.2) is 0 Å². The summed E-state index contributed by atoms with van der Waals surface area (Å²) in [7, 11) is 0. The van der Waals surface area contributed by atoms with E-state index in [2.05, 4.69) is 45.1 Å². The van der Waals surface area contributed by atoms with Gasteiger partial charge in [0.05, 0.1) is 11.3 Å². The van der Waals surface area contributed by atoms with Crippen LogP contribution in [0, 0.1) is 16.2 Å². The zero-order valence-corrected chi connectivity index (χ0v) is 17.7. The van der Waals surface area contributed by atoms with E-state index in [0.29, 0.717) is 24.1 Å². The van der Waals surface area contributed by atoms with Crippen molar-refractivity contribution in [3.05, 3.63) is 41.5 Å². The predicted molar refractivity (Wildman–Crippen MR) is 113 cm³/mol. The fraction of sp³-hybridized carbons (Fsp3) is 0.583. The summed E-state index contributed by atoms with van der Waals surface area (Å²) in [5.41, 5.74) is 4.91. The molecule has 0 heterocycles. The summed E-state index contributed by atoms with van der Waals surface area (Å²) in [6.45, 7) is 10.9. The number of allylic oxidation sites excluding steroid dienone is 1. The number of hydrogen-bond acceptors (Lipinski definition) is 4. The highest BCUT2D eigenvalue weighted by Crippen LogP contribution is 2.61. The fourth-order valence-electron chi connectivity index (χ4n) is 6.48. The van der Waals surface area contributed by atoms with Crippen LogP contribution in [0.2, 0.25) is 0 Å². The van der Waals surface area contributed by atoms with E-state index in [9.17, 15) is 9.90 Å². The first-order valence-corrected chi connectivity index (χ1v) is 10.3. The van der Waals surface area contributed by atoms with Crippen molar-refractivity contribution in [1.29, 1.82) is 0 Å². The van der Waals surface area contributed by atoms with Crippen molar-refractivity contribution >= 4 is 17.2 Å². The van der Waals surface area contributed by atoms with Crippen LogP contribution in [0.4, 0.5) is 5.69 Å². The van der Waals surface area contributed by atoms with Crippen LogP contribution in [0.1, 0.15) is 66.7 Å². The third-order valence-electron chi connectivity index (χ3n) is 6.66. The molecule has 1 fully saturated rings. The molecule has 4 nitrogen and oxygen atoms in total. The normalized spacial score (nSPS) is 34.9. The van der Waals surface area contributed by atoms with E-state index < -0.39 is 5.60 Å². The van der Waals surface area contributed by atoms with Gasteiger partial charge in [0, 0.05) is 11.0 Å². The van der Waals surface area contributed by atoms with E-state index in [1.54, 1.807) is 0 Å². The summed E-state index contributed by atoms with van der Waals surface area (Å²) in [4.78, 5) is 13.6. The Bertz CT molecular complexity index is 881. The lowest BCUT2D eigenvalue weighted by Crippen LogP contribution is -2.56. The van der Waals surface area contributed by atoms with Gasteiger partial charge >= 0.3 is 0 Å². The van der Waals surface area contributed by atoms with Crippen molar-refractivity contribution < 1.29 is 9.90 Å². The van der Waals surface area contributed by atoms with Crippen LogP contribution >= 0.6 is 0 Å². The molecule has 4 heteroatoms. The quantitative estimate of drug-likeness (QED) is 0.702. The first kappa shape index (κ1) is 19.4. The maximum absolute atomic E-state index is 13.6. The highest BCUT2D eigenvalue weighted by molar-refractivity contribution is 6.49. The number of hydrazone groups is 1. The van der Waals surface area contributed by atoms with Crippen molar-refractivity contribution in [1.82, 2.24) is 0 Å². The predicted octanol–water partition coefficient (Wildman–Crippen LogP) is 5.10. The monoisotopic (exact) mass is 380 g/mol. The summed E-state index contributed by atoms with van der Waals surface area (Å²) in [6.07, 6.45) is 4.09. The number of Topliss-reactive ketones (excluding diaryl/α,β-unsaturated/α-hetero) is 1. The molecule has 4 rings (SSSR count). The maximum atomic E-state index is 13.6. The molecule has 2 unspecified atom stereocenters. The van der Waals surface area contributed by atoms with Gasteiger partial charge in [-0.1, -0.05) is 58.4 Å². The standard InChI is InChI=1S/C24H32N2O2/c1-21(2)13-23(5)12-16-11-22(3,4)20(26-25-17-9-7-6-8-10-17)19(27)18(16)24(28,14-21)15-23/h6-10,25,28H,11-15H2,1-5H3/b26-20-. The van der Waals surface area contributed by atoms with Gasteiger partial charge in [-0.05, 0) is 55.1 Å². The number of nitrogens with one attached hydrogen (secondary N) is 1. The molecule has 0 aliphatic heterocycles. The van der Waals surface area contributed by atoms with Gasteiger partial charge in [-0.15, -0.1) is 0 Å². The van der Waals surface area contributed by atoms with Crippen molar-refractivity contribution in [2.24, 2.45) is 21.3 Å². The molecule has 150 valence electrons. The minimum atomic E-state index is -1.04. The lowest BCUT2D eigenvalue weighted by atomic mass is 9.49. The minimum absolute atomic E-state index is 0.0210. The third-order valence-corrected chi connectivity index (χ3v) is 6.66. The number of ketones is 1. The van der Waals surface area contributed by atoms with Crippen LogP contribution in [0.25, 0.3) is 0 Å². The number of nitrogens with zero attached hydrogens (tertiary/aromatic N) is 1. The molecule has 1 aromatic carbocycles. The molecule has 1 saturated carbocycles. The Morgan fingerprint density at radius 2 is 1.64 bits per heavy atom. The molecule has 3 aliphatic rings. The molecule has 3 aliphatic carbocycles. The van der Waals surface area contributed by atoms with Crippen molar-refractivity contribution in [3.63, 3.8) is 0 Å². The average Bonchev–Trinajstić information content (AvgIpc) is 2.50. The second-order valence-corrected chi connectivity index (χ2v) is 11.0. The summed E-state index contributed by atoms with van der Waals surface area (Å²) < 4.78 is 0. The molecule has 0 amide bonds. The summed E-state index contributed by atoms with van der Waals surface area (Å²) >= 11 is 0. The number of hydrogen-bond donors (Lipinski definition) is 2. The first-order chi connectivity index (χ1) is 12.9. The number of carbonyl (C=O) groups is 1. The smallest absolute Gasteiger partial charge is 0.208 e. The lowest BCUT2D eigenvalue weighted by Gasteiger charge is -2.57. The van der Waals surface area contributed by atoms with Crippen LogP contribution in [0.15, 0.2) is 46.6 Å². The zero-order valence-electron chi connectivity index (χ0n) is 17.7. The van der Waals surface area contributed by atoms with Gasteiger partial charge in [-0.2, -0.15) is 5.10 Å². The van der Waals surface area contributed by atoms with Crippen LogP contribution < -0.4 is 5.43 Å². The number of aliphatic hydroxyl groups is 1. The van der Waals surface area contributed by atoms with Crippen LogP contribution in [0.5, 0.6) is 0 Å². The van der Waals surface area contributed by atoms with Gasteiger partial charge in [-0.3, -0.25) is 10.2 Å². The van der Waals surface area contributed by atoms with E-state index in [4.69, 9.17) is 0 Å². The summed E-state index contributed by atoms with van der Waals surface area (Å²) in [5.74, 6) is -0.0723. The van der Waals surface area contributed by atoms with Crippen LogP contribution in [0.3, 0.4) is 0 Å². The molecule has 0 saturated heterocycles. The molecule has 2 bridgehead atoms. The average molecular weight is 381 g/mol. The largest absolute Gasteiger partial charge is 0.385 e. The van der Waals surface area contributed by atoms with E-state index in [1.807, 2.05) is 30.3 Å². The first-order valence-electron chi connectivity index (χ1n) is 10.3. The SMILES string of the molecule is CC1(C)CC2(C)CC3=C(C(=O)/C(=N/Nc4ccccc4)C(C)(C)C3)C(O)(C1)C2. The Labute approximate surface area is 168 Å². The highest BCUT2D eigenvalue weighted by atomic mass is 16.3. The van der Waals surface area contributed by atoms with E-state index in [-0.39, 0.29) is 22.0 Å². The molecule has 2 atom stereocenters. The van der Waals surface area contributed by atoms with Crippen LogP contribution in [-0.2, 0) is 4.79 Å². The summed E-state index contributed by atoms with van der Waals surface area (Å²) in [6, 6.07) is 9.68. The molecule has 0 aromatic heterocycles. The van der Waals surface area contributed by atoms with Gasteiger partial charge in [0.1, 0.15) is 5.71 Å². The zero-order chi connectivity index (χ0) is 20.4. The molecular formula is C24H32N2O2. The Morgan fingerprint density at radius 1 is 0.964 bits per heavy atom. The number of anilines is 1. The molecule has 28 heavy (non-hydrogen) atoms. The van der Waals surface area contributed by atoms with E-state index in [0.717, 1.165) is 30.5 Å². The Kier molecular flexibility index (Phi) is 4.17. The second-order valence-electron chi connectivity index (χ2n) is 11.0. The topological polar surface area (TPSA) is 61.7 Å². The Morgan fingerprint density at radius 3 is 2.32 bits per heavy atom. The third kappa shape index (κ3) is 3.22. The van der Waals surface area contributed by atoms with Crippen molar-refractivity contribution in [2.75, 3.05) is 5.43 Å². The molecule has 0 radical (unpaired) electrons. The number of rotatable bonds is 2. The number of para-hydroxylation sites is 1. The van der Waals surface area contributed by atoms with Crippen molar-refractivity contribution in [2.45, 2.75) is 72.3 Å². The van der Waals surface area contributed by atoms with Crippen molar-refractivity contribution in [3.8, 4) is 0 Å². The van der Waals surface area contributed by atoms with E-state index >= 15 is 0 Å². The second kappa shape index (κ2) is 6.03. The highest BCUT2D eigenvalue weighted by Gasteiger charge is 2.58. The fourth-order valence-corrected chi connectivity index (χ4v) is 6.48. The van der Waals surface area contributed by atoms with E-state index in [1.165, 1.54) is 0 Å². The van der Waals surface area contributed by atoms with Crippen LogP contribution in [-0.4, -0.2) is 22.2 Å². The number of fused-ring (bicyclic) bond motifs is 3. The molecular weight excluding hydrogens is 348 g/mol. The maximum Gasteiger partial charge on any atom is 0.208 e. The molecule has 0 spiro atoms. The molecule has 1 aromatic rings. The lowest BCUT2D eigenvalue weighted by molar-refractivity contribution is -0.119. The number of carbonyl (C=O) groups excluding carboxylic acids is 1. The van der Waals surface area contributed by atoms with Gasteiger partial charge in [0.15, 0.2) is 0 Å². The van der Waals surface area contributed by atoms with Gasteiger partial charge < -0.3 is 5.11 Å². The van der Waals surface area contributed by atoms with Gasteiger partial charge in [0.2, 0.25) is 5.78 Å².